The Morgan fingerprint density at radius 2 is 1.81 bits per heavy atom. The summed E-state index contributed by atoms with van der Waals surface area (Å²) in [5.74, 6) is 0.0825. The van der Waals surface area contributed by atoms with Gasteiger partial charge in [0.15, 0.2) is 0 Å². The highest BCUT2D eigenvalue weighted by Crippen LogP contribution is 2.42. The Balaban J connectivity index is 2.23. The Kier molecular flexibility index (Phi) is 4.31. The van der Waals surface area contributed by atoms with Crippen molar-refractivity contribution in [1.29, 1.82) is 0 Å². The molecule has 2 atom stereocenters. The molecule has 4 heteroatoms. The molecule has 0 aromatic heterocycles. The molecule has 1 aliphatic heterocycles. The summed E-state index contributed by atoms with van der Waals surface area (Å²) < 4.78 is 20.2. The maximum atomic E-state index is 13.9. The minimum atomic E-state index is -0.253. The fourth-order valence-electron chi connectivity index (χ4n) is 3.73. The number of hydrogen-bond acceptors (Lipinski definition) is 3. The number of rotatable bonds is 4. The Morgan fingerprint density at radius 1 is 1.19 bits per heavy atom. The minimum Gasteiger partial charge on any atom is -0.372 e. The van der Waals surface area contributed by atoms with Crippen molar-refractivity contribution in [3.8, 4) is 0 Å². The molecule has 1 aliphatic rings. The molecule has 21 heavy (non-hydrogen) atoms. The second kappa shape index (κ2) is 5.58. The molecule has 0 bridgehead atoms. The molecule has 2 rings (SSSR count). The highest BCUT2D eigenvalue weighted by Gasteiger charge is 2.53. The van der Waals surface area contributed by atoms with Crippen LogP contribution in [0, 0.1) is 11.7 Å². The summed E-state index contributed by atoms with van der Waals surface area (Å²) in [6.45, 7) is 9.19. The first-order valence-electron chi connectivity index (χ1n) is 7.52. The van der Waals surface area contributed by atoms with Crippen molar-refractivity contribution >= 4 is 5.69 Å². The second-order valence-electron chi connectivity index (χ2n) is 7.01. The van der Waals surface area contributed by atoms with Gasteiger partial charge in [0.1, 0.15) is 5.82 Å². The summed E-state index contributed by atoms with van der Waals surface area (Å²) >= 11 is 0. The number of halogens is 1. The molecule has 1 aromatic rings. The fraction of sp³-hybridized carbons (Fsp3) is 0.647. The monoisotopic (exact) mass is 294 g/mol. The predicted molar refractivity (Wildman–Crippen MR) is 85.3 cm³/mol. The first-order chi connectivity index (χ1) is 9.69. The summed E-state index contributed by atoms with van der Waals surface area (Å²) in [6, 6.07) is 7.13. The average molecular weight is 294 g/mol. The smallest absolute Gasteiger partial charge is 0.146 e. The number of hydrogen-bond donors (Lipinski definition) is 1. The SMILES string of the molecule is CNC1C(CN(C)c2ccccc2F)C(C)(C)OC1(C)C. The van der Waals surface area contributed by atoms with Crippen LogP contribution in [0.1, 0.15) is 27.7 Å². The van der Waals surface area contributed by atoms with E-state index in [9.17, 15) is 4.39 Å². The van der Waals surface area contributed by atoms with Crippen LogP contribution < -0.4 is 10.2 Å². The lowest BCUT2D eigenvalue weighted by Crippen LogP contribution is -2.49. The number of nitrogens with one attached hydrogen (secondary N) is 1. The number of ether oxygens (including phenoxy) is 1. The van der Waals surface area contributed by atoms with E-state index >= 15 is 0 Å². The Bertz CT molecular complexity index is 501. The molecule has 0 spiro atoms. The summed E-state index contributed by atoms with van der Waals surface area (Å²) in [7, 11) is 3.90. The maximum Gasteiger partial charge on any atom is 0.146 e. The van der Waals surface area contributed by atoms with Crippen LogP contribution in [-0.4, -0.2) is 37.9 Å². The van der Waals surface area contributed by atoms with Gasteiger partial charge in [-0.05, 0) is 46.9 Å². The quantitative estimate of drug-likeness (QED) is 0.923. The van der Waals surface area contributed by atoms with E-state index in [0.29, 0.717) is 5.69 Å². The van der Waals surface area contributed by atoms with E-state index in [2.05, 4.69) is 33.0 Å². The predicted octanol–water partition coefficient (Wildman–Crippen LogP) is 3.05. The van der Waals surface area contributed by atoms with Gasteiger partial charge in [-0.3, -0.25) is 0 Å². The van der Waals surface area contributed by atoms with E-state index in [1.165, 1.54) is 6.07 Å². The zero-order chi connectivity index (χ0) is 15.8. The molecule has 3 nitrogen and oxygen atoms in total. The van der Waals surface area contributed by atoms with Gasteiger partial charge in [-0.15, -0.1) is 0 Å². The number of likely N-dealkylation sites (N-methyl/N-ethyl adjacent to an activating group) is 1. The number of benzene rings is 1. The van der Waals surface area contributed by atoms with Crippen molar-refractivity contribution in [2.75, 3.05) is 25.5 Å². The number of anilines is 1. The largest absolute Gasteiger partial charge is 0.372 e. The van der Waals surface area contributed by atoms with E-state index in [4.69, 9.17) is 4.74 Å². The maximum absolute atomic E-state index is 13.9. The molecule has 0 amide bonds. The third kappa shape index (κ3) is 3.06. The van der Waals surface area contributed by atoms with Crippen LogP contribution >= 0.6 is 0 Å². The lowest BCUT2D eigenvalue weighted by Gasteiger charge is -2.33. The molecule has 0 aliphatic carbocycles. The van der Waals surface area contributed by atoms with Gasteiger partial charge in [0, 0.05) is 25.6 Å². The molecule has 1 aromatic carbocycles. The summed E-state index contributed by atoms with van der Waals surface area (Å²) in [5, 5.41) is 3.39. The highest BCUT2D eigenvalue weighted by atomic mass is 19.1. The standard InChI is InChI=1S/C17H27FN2O/c1-16(2)12(15(19-5)17(3,4)21-16)11-20(6)14-10-8-7-9-13(14)18/h7-10,12,15,19H,11H2,1-6H3. The molecular weight excluding hydrogens is 267 g/mol. The van der Waals surface area contributed by atoms with Gasteiger partial charge in [0.25, 0.3) is 0 Å². The van der Waals surface area contributed by atoms with Crippen LogP contribution in [0.5, 0.6) is 0 Å². The molecular formula is C17H27FN2O. The van der Waals surface area contributed by atoms with E-state index < -0.39 is 0 Å². The van der Waals surface area contributed by atoms with Crippen molar-refractivity contribution in [2.24, 2.45) is 5.92 Å². The van der Waals surface area contributed by atoms with Gasteiger partial charge < -0.3 is 15.0 Å². The Hall–Kier alpha value is -1.13. The molecule has 1 fully saturated rings. The number of para-hydroxylation sites is 1. The van der Waals surface area contributed by atoms with Crippen molar-refractivity contribution in [1.82, 2.24) is 5.32 Å². The van der Waals surface area contributed by atoms with Crippen LogP contribution in [0.4, 0.5) is 10.1 Å². The third-order valence-electron chi connectivity index (χ3n) is 4.62. The molecule has 0 saturated carbocycles. The molecule has 2 unspecified atom stereocenters. The van der Waals surface area contributed by atoms with Gasteiger partial charge in [0.05, 0.1) is 16.9 Å². The van der Waals surface area contributed by atoms with E-state index in [0.717, 1.165) is 6.54 Å². The van der Waals surface area contributed by atoms with Crippen molar-refractivity contribution in [3.63, 3.8) is 0 Å². The lowest BCUT2D eigenvalue weighted by molar-refractivity contribution is -0.0768. The Morgan fingerprint density at radius 3 is 2.38 bits per heavy atom. The lowest BCUT2D eigenvalue weighted by atomic mass is 9.82. The van der Waals surface area contributed by atoms with E-state index in [1.54, 1.807) is 6.07 Å². The van der Waals surface area contributed by atoms with Gasteiger partial charge in [-0.2, -0.15) is 0 Å². The summed E-state index contributed by atoms with van der Waals surface area (Å²) in [4.78, 5) is 1.98. The molecule has 1 saturated heterocycles. The van der Waals surface area contributed by atoms with Gasteiger partial charge in [0.2, 0.25) is 0 Å². The first kappa shape index (κ1) is 16.2. The van der Waals surface area contributed by atoms with Crippen LogP contribution in [0.25, 0.3) is 0 Å². The first-order valence-corrected chi connectivity index (χ1v) is 7.52. The van der Waals surface area contributed by atoms with Crippen molar-refractivity contribution in [3.05, 3.63) is 30.1 Å². The minimum absolute atomic E-state index is 0.183. The van der Waals surface area contributed by atoms with Crippen LogP contribution in [-0.2, 0) is 4.74 Å². The summed E-state index contributed by atoms with van der Waals surface area (Å²) in [6.07, 6.45) is 0. The zero-order valence-electron chi connectivity index (χ0n) is 13.9. The Labute approximate surface area is 127 Å². The van der Waals surface area contributed by atoms with Crippen molar-refractivity contribution in [2.45, 2.75) is 44.9 Å². The molecule has 1 N–H and O–H groups in total. The summed E-state index contributed by atoms with van der Waals surface area (Å²) in [5.41, 5.74) is 0.142. The topological polar surface area (TPSA) is 24.5 Å². The normalized spacial score (nSPS) is 26.8. The van der Waals surface area contributed by atoms with Gasteiger partial charge in [-0.25, -0.2) is 4.39 Å². The van der Waals surface area contributed by atoms with Gasteiger partial charge >= 0.3 is 0 Å². The highest BCUT2D eigenvalue weighted by molar-refractivity contribution is 5.47. The molecule has 1 heterocycles. The average Bonchev–Trinajstić information content (AvgIpc) is 2.54. The number of nitrogens with zero attached hydrogens (tertiary/aromatic N) is 1. The van der Waals surface area contributed by atoms with E-state index in [-0.39, 0.29) is 29.0 Å². The third-order valence-corrected chi connectivity index (χ3v) is 4.62. The second-order valence-corrected chi connectivity index (χ2v) is 7.01. The molecule has 0 radical (unpaired) electrons. The van der Waals surface area contributed by atoms with Crippen LogP contribution in [0.15, 0.2) is 24.3 Å². The zero-order valence-corrected chi connectivity index (χ0v) is 13.9. The van der Waals surface area contributed by atoms with E-state index in [1.807, 2.05) is 31.1 Å². The van der Waals surface area contributed by atoms with Gasteiger partial charge in [-0.1, -0.05) is 12.1 Å². The van der Waals surface area contributed by atoms with Crippen molar-refractivity contribution < 1.29 is 9.13 Å². The fourth-order valence-corrected chi connectivity index (χ4v) is 3.73. The molecule has 118 valence electrons. The van der Waals surface area contributed by atoms with Crippen LogP contribution in [0.3, 0.4) is 0 Å². The van der Waals surface area contributed by atoms with Crippen LogP contribution in [0.2, 0.25) is 0 Å².